The Hall–Kier alpha value is -2.08. The van der Waals surface area contributed by atoms with Crippen molar-refractivity contribution in [1.82, 2.24) is 5.32 Å². The van der Waals surface area contributed by atoms with Crippen molar-refractivity contribution < 1.29 is 9.59 Å². The summed E-state index contributed by atoms with van der Waals surface area (Å²) in [6.45, 7) is 5.37. The number of rotatable bonds is 4. The molecule has 0 unspecified atom stereocenters. The molecule has 1 rings (SSSR count). The predicted octanol–water partition coefficient (Wildman–Crippen LogP) is 1.50. The topological polar surface area (TPSA) is 96.2 Å². The lowest BCUT2D eigenvalue weighted by atomic mass is 10.2. The zero-order valence-corrected chi connectivity index (χ0v) is 11.4. The monoisotopic (exact) mass is 264 g/mol. The first-order chi connectivity index (χ1) is 8.88. The predicted molar refractivity (Wildman–Crippen MR) is 76.0 cm³/mol. The average molecular weight is 264 g/mol. The van der Waals surface area contributed by atoms with E-state index in [1.54, 1.807) is 31.2 Å². The Morgan fingerprint density at radius 2 is 1.47 bits per heavy atom. The second kappa shape index (κ2) is 6.75. The summed E-state index contributed by atoms with van der Waals surface area (Å²) in [4.78, 5) is 22.8. The molecule has 0 radical (unpaired) electrons. The van der Waals surface area contributed by atoms with Crippen LogP contribution in [0.2, 0.25) is 0 Å². The number of amides is 3. The lowest BCUT2D eigenvalue weighted by Gasteiger charge is -2.11. The number of urea groups is 1. The van der Waals surface area contributed by atoms with Gasteiger partial charge in [0.1, 0.15) is 0 Å². The number of nitrogens with two attached hydrogens (primary N) is 1. The SMILES string of the molecule is CC(C)NC(=O)Nc1ccc(NC(=O)[C@@H](C)N)cc1. The van der Waals surface area contributed by atoms with Crippen LogP contribution in [0.1, 0.15) is 20.8 Å². The van der Waals surface area contributed by atoms with E-state index >= 15 is 0 Å². The molecule has 0 saturated carbocycles. The number of carbonyl (C=O) groups is 2. The molecule has 0 aliphatic rings. The van der Waals surface area contributed by atoms with Crippen molar-refractivity contribution in [2.24, 2.45) is 5.73 Å². The van der Waals surface area contributed by atoms with Crippen LogP contribution in [0.5, 0.6) is 0 Å². The van der Waals surface area contributed by atoms with Gasteiger partial charge in [-0.15, -0.1) is 0 Å². The maximum absolute atomic E-state index is 11.5. The highest BCUT2D eigenvalue weighted by Gasteiger charge is 2.07. The summed E-state index contributed by atoms with van der Waals surface area (Å²) in [5.41, 5.74) is 6.73. The van der Waals surface area contributed by atoms with Gasteiger partial charge in [-0.05, 0) is 45.0 Å². The highest BCUT2D eigenvalue weighted by atomic mass is 16.2. The molecule has 0 saturated heterocycles. The van der Waals surface area contributed by atoms with E-state index < -0.39 is 6.04 Å². The van der Waals surface area contributed by atoms with E-state index in [0.29, 0.717) is 11.4 Å². The Morgan fingerprint density at radius 1 is 1.00 bits per heavy atom. The number of hydrogen-bond donors (Lipinski definition) is 4. The van der Waals surface area contributed by atoms with Crippen LogP contribution in [0, 0.1) is 0 Å². The van der Waals surface area contributed by atoms with Gasteiger partial charge < -0.3 is 21.7 Å². The summed E-state index contributed by atoms with van der Waals surface area (Å²) in [5.74, 6) is -0.252. The number of benzene rings is 1. The molecule has 19 heavy (non-hydrogen) atoms. The Kier molecular flexibility index (Phi) is 5.32. The minimum Gasteiger partial charge on any atom is -0.336 e. The minimum atomic E-state index is -0.561. The van der Waals surface area contributed by atoms with E-state index in [0.717, 1.165) is 0 Å². The second-order valence-electron chi connectivity index (χ2n) is 4.61. The van der Waals surface area contributed by atoms with Crippen LogP contribution in [0.15, 0.2) is 24.3 Å². The molecule has 1 atom stereocenters. The van der Waals surface area contributed by atoms with Crippen molar-refractivity contribution in [3.63, 3.8) is 0 Å². The van der Waals surface area contributed by atoms with Gasteiger partial charge in [0.25, 0.3) is 0 Å². The molecule has 6 heteroatoms. The Bertz CT molecular complexity index is 440. The Morgan fingerprint density at radius 3 is 1.89 bits per heavy atom. The highest BCUT2D eigenvalue weighted by molar-refractivity contribution is 5.95. The van der Waals surface area contributed by atoms with Crippen molar-refractivity contribution in [2.45, 2.75) is 32.9 Å². The third kappa shape index (κ3) is 5.39. The van der Waals surface area contributed by atoms with E-state index in [2.05, 4.69) is 16.0 Å². The summed E-state index contributed by atoms with van der Waals surface area (Å²) in [5, 5.41) is 8.07. The molecule has 0 heterocycles. The summed E-state index contributed by atoms with van der Waals surface area (Å²) >= 11 is 0. The Balaban J connectivity index is 2.57. The quantitative estimate of drug-likeness (QED) is 0.663. The molecular weight excluding hydrogens is 244 g/mol. The normalized spacial score (nSPS) is 11.8. The first-order valence-corrected chi connectivity index (χ1v) is 6.12. The fourth-order valence-corrected chi connectivity index (χ4v) is 1.32. The molecule has 0 aliphatic heterocycles. The summed E-state index contributed by atoms with van der Waals surface area (Å²) in [6, 6.07) is 6.06. The van der Waals surface area contributed by atoms with E-state index in [1.165, 1.54) is 0 Å². The van der Waals surface area contributed by atoms with Crippen molar-refractivity contribution in [1.29, 1.82) is 0 Å². The van der Waals surface area contributed by atoms with Gasteiger partial charge in [-0.1, -0.05) is 0 Å². The lowest BCUT2D eigenvalue weighted by Crippen LogP contribution is -2.34. The molecule has 0 spiro atoms. The van der Waals surface area contributed by atoms with Crippen molar-refractivity contribution >= 4 is 23.3 Å². The van der Waals surface area contributed by atoms with Gasteiger partial charge in [0.15, 0.2) is 0 Å². The highest BCUT2D eigenvalue weighted by Crippen LogP contribution is 2.13. The molecular formula is C13H20N4O2. The largest absolute Gasteiger partial charge is 0.336 e. The molecule has 0 aromatic heterocycles. The van der Waals surface area contributed by atoms with E-state index in [4.69, 9.17) is 5.73 Å². The zero-order valence-electron chi connectivity index (χ0n) is 11.4. The van der Waals surface area contributed by atoms with Gasteiger partial charge in [0.05, 0.1) is 6.04 Å². The molecule has 1 aromatic carbocycles. The van der Waals surface area contributed by atoms with Gasteiger partial charge in [0.2, 0.25) is 5.91 Å². The molecule has 3 amide bonds. The molecule has 5 N–H and O–H groups in total. The summed E-state index contributed by atoms with van der Waals surface area (Å²) < 4.78 is 0. The first-order valence-electron chi connectivity index (χ1n) is 6.12. The van der Waals surface area contributed by atoms with Crippen molar-refractivity contribution in [2.75, 3.05) is 10.6 Å². The van der Waals surface area contributed by atoms with Gasteiger partial charge in [-0.3, -0.25) is 4.79 Å². The van der Waals surface area contributed by atoms with Crippen LogP contribution in [-0.2, 0) is 4.79 Å². The zero-order chi connectivity index (χ0) is 14.4. The van der Waals surface area contributed by atoms with Crippen molar-refractivity contribution in [3.05, 3.63) is 24.3 Å². The first kappa shape index (κ1) is 15.0. The van der Waals surface area contributed by atoms with Crippen molar-refractivity contribution in [3.8, 4) is 0 Å². The van der Waals surface area contributed by atoms with Crippen LogP contribution in [0.4, 0.5) is 16.2 Å². The fourth-order valence-electron chi connectivity index (χ4n) is 1.32. The van der Waals surface area contributed by atoms with Crippen LogP contribution < -0.4 is 21.7 Å². The van der Waals surface area contributed by atoms with Gasteiger partial charge >= 0.3 is 6.03 Å². The standard InChI is InChI=1S/C13H20N4O2/c1-8(2)15-13(19)17-11-6-4-10(5-7-11)16-12(18)9(3)14/h4-9H,14H2,1-3H3,(H,16,18)(H2,15,17,19)/t9-/m1/s1. The third-order valence-electron chi connectivity index (χ3n) is 2.24. The van der Waals surface area contributed by atoms with Gasteiger partial charge in [-0.2, -0.15) is 0 Å². The third-order valence-corrected chi connectivity index (χ3v) is 2.24. The smallest absolute Gasteiger partial charge is 0.319 e. The molecule has 6 nitrogen and oxygen atoms in total. The maximum Gasteiger partial charge on any atom is 0.319 e. The van der Waals surface area contributed by atoms with E-state index in [-0.39, 0.29) is 18.0 Å². The summed E-state index contributed by atoms with van der Waals surface area (Å²) in [7, 11) is 0. The van der Waals surface area contributed by atoms with Crippen LogP contribution in [0.3, 0.4) is 0 Å². The number of anilines is 2. The van der Waals surface area contributed by atoms with Crippen LogP contribution in [-0.4, -0.2) is 24.0 Å². The molecule has 0 bridgehead atoms. The molecule has 1 aromatic rings. The second-order valence-corrected chi connectivity index (χ2v) is 4.61. The van der Waals surface area contributed by atoms with Crippen LogP contribution in [0.25, 0.3) is 0 Å². The lowest BCUT2D eigenvalue weighted by molar-refractivity contribution is -0.117. The average Bonchev–Trinajstić information content (AvgIpc) is 2.30. The van der Waals surface area contributed by atoms with E-state index in [9.17, 15) is 9.59 Å². The number of carbonyl (C=O) groups excluding carboxylic acids is 2. The number of hydrogen-bond acceptors (Lipinski definition) is 3. The van der Waals surface area contributed by atoms with Gasteiger partial charge in [0, 0.05) is 17.4 Å². The minimum absolute atomic E-state index is 0.0737. The maximum atomic E-state index is 11.5. The summed E-state index contributed by atoms with van der Waals surface area (Å²) in [6.07, 6.45) is 0. The van der Waals surface area contributed by atoms with Gasteiger partial charge in [-0.25, -0.2) is 4.79 Å². The van der Waals surface area contributed by atoms with Crippen LogP contribution >= 0.6 is 0 Å². The fraction of sp³-hybridized carbons (Fsp3) is 0.385. The molecule has 0 aliphatic carbocycles. The number of nitrogens with one attached hydrogen (secondary N) is 3. The molecule has 104 valence electrons. The Labute approximate surface area is 112 Å². The van der Waals surface area contributed by atoms with E-state index in [1.807, 2.05) is 13.8 Å². The molecule has 0 fully saturated rings.